The average molecular weight is 480 g/mol. The van der Waals surface area contributed by atoms with Crippen LogP contribution in [0, 0.1) is 11.2 Å². The Hall–Kier alpha value is -3.45. The van der Waals surface area contributed by atoms with E-state index >= 15 is 0 Å². The van der Waals surface area contributed by atoms with E-state index in [0.717, 1.165) is 11.1 Å². The minimum Gasteiger partial charge on any atom is -0.340 e. The zero-order valence-corrected chi connectivity index (χ0v) is 20.2. The number of hydrogen-bond donors (Lipinski definition) is 2. The van der Waals surface area contributed by atoms with Gasteiger partial charge >= 0.3 is 11.7 Å². The summed E-state index contributed by atoms with van der Waals surface area (Å²) in [5, 5.41) is 5.39. The van der Waals surface area contributed by atoms with Crippen molar-refractivity contribution in [3.63, 3.8) is 0 Å². The summed E-state index contributed by atoms with van der Waals surface area (Å²) in [4.78, 5) is 25.8. The van der Waals surface area contributed by atoms with Gasteiger partial charge in [0.25, 0.3) is 11.2 Å². The van der Waals surface area contributed by atoms with Gasteiger partial charge in [0.15, 0.2) is 0 Å². The first-order chi connectivity index (χ1) is 16.2. The summed E-state index contributed by atoms with van der Waals surface area (Å²) in [7, 11) is 0. The van der Waals surface area contributed by atoms with Gasteiger partial charge in [-0.2, -0.15) is 0 Å². The molecular formula is C27H28FN2O3S+. The van der Waals surface area contributed by atoms with Gasteiger partial charge < -0.3 is 10.6 Å². The van der Waals surface area contributed by atoms with Gasteiger partial charge in [-0.1, -0.05) is 63.2 Å². The zero-order valence-electron chi connectivity index (χ0n) is 19.4. The molecule has 2 atom stereocenters. The Bertz CT molecular complexity index is 1130. The Morgan fingerprint density at radius 2 is 1.53 bits per heavy atom. The summed E-state index contributed by atoms with van der Waals surface area (Å²) in [5.41, 5.74) is 2.39. The second-order valence-corrected chi connectivity index (χ2v) is 9.84. The molecule has 0 aliphatic rings. The van der Waals surface area contributed by atoms with E-state index in [-0.39, 0.29) is 28.6 Å². The molecule has 0 saturated carbocycles. The maximum Gasteiger partial charge on any atom is 0.467 e. The zero-order chi connectivity index (χ0) is 24.7. The molecule has 34 heavy (non-hydrogen) atoms. The van der Waals surface area contributed by atoms with Crippen molar-refractivity contribution in [3.8, 4) is 0 Å². The lowest BCUT2D eigenvalue weighted by Crippen LogP contribution is -2.45. The molecule has 0 aliphatic carbocycles. The van der Waals surface area contributed by atoms with Crippen LogP contribution in [0.15, 0.2) is 78.9 Å². The molecule has 2 N–H and O–H groups in total. The summed E-state index contributed by atoms with van der Waals surface area (Å²) in [5.74, 6) is -1.28. The summed E-state index contributed by atoms with van der Waals surface area (Å²) in [6.45, 7) is 6.03. The number of hydrogen-bond acceptors (Lipinski definition) is 3. The van der Waals surface area contributed by atoms with Crippen LogP contribution >= 0.6 is 0 Å². The molecule has 0 aliphatic heterocycles. The van der Waals surface area contributed by atoms with Crippen LogP contribution in [0.25, 0.3) is 0 Å². The van der Waals surface area contributed by atoms with Crippen molar-refractivity contribution in [1.29, 1.82) is 0 Å². The second-order valence-electron chi connectivity index (χ2n) is 9.18. The number of rotatable bonds is 8. The summed E-state index contributed by atoms with van der Waals surface area (Å²) in [6, 6.07) is 20.9. The molecule has 3 rings (SSSR count). The molecule has 1 unspecified atom stereocenters. The maximum absolute atomic E-state index is 13.2. The molecular weight excluding hydrogens is 451 g/mol. The SMILES string of the molecule is CC(C)(C)C([S+]=O)c1ccc(NC(=O)[C@H](Cc2ccccc2)NC(=O)c2ccc(F)cc2)cc1. The first-order valence-corrected chi connectivity index (χ1v) is 11.8. The minimum absolute atomic E-state index is 0.206. The van der Waals surface area contributed by atoms with Crippen LogP contribution in [0.4, 0.5) is 10.1 Å². The quantitative estimate of drug-likeness (QED) is 0.430. The molecule has 7 heteroatoms. The minimum atomic E-state index is -0.848. The Kier molecular flexibility index (Phi) is 8.23. The van der Waals surface area contributed by atoms with Crippen molar-refractivity contribution in [2.45, 2.75) is 38.5 Å². The number of benzene rings is 3. The highest BCUT2D eigenvalue weighted by Crippen LogP contribution is 2.35. The van der Waals surface area contributed by atoms with E-state index in [1.807, 2.05) is 63.2 Å². The fourth-order valence-corrected chi connectivity index (χ4v) is 4.13. The lowest BCUT2D eigenvalue weighted by atomic mass is 9.87. The van der Waals surface area contributed by atoms with E-state index in [4.69, 9.17) is 0 Å². The van der Waals surface area contributed by atoms with Gasteiger partial charge in [0, 0.05) is 32.9 Å². The Morgan fingerprint density at radius 1 is 0.912 bits per heavy atom. The van der Waals surface area contributed by atoms with E-state index in [9.17, 15) is 18.2 Å². The van der Waals surface area contributed by atoms with Crippen molar-refractivity contribution in [3.05, 3.63) is 101 Å². The number of amides is 2. The molecule has 5 nitrogen and oxygen atoms in total. The van der Waals surface area contributed by atoms with Gasteiger partial charge in [-0.3, -0.25) is 9.59 Å². The fourth-order valence-electron chi connectivity index (χ4n) is 3.57. The molecule has 3 aromatic carbocycles. The Labute approximate surface area is 203 Å². The van der Waals surface area contributed by atoms with E-state index in [0.29, 0.717) is 17.4 Å². The van der Waals surface area contributed by atoms with Crippen LogP contribution in [-0.2, 0) is 27.1 Å². The molecule has 0 bridgehead atoms. The maximum atomic E-state index is 13.2. The second kappa shape index (κ2) is 11.1. The summed E-state index contributed by atoms with van der Waals surface area (Å²) in [6.07, 6.45) is 0.288. The third kappa shape index (κ3) is 6.78. The van der Waals surface area contributed by atoms with Crippen molar-refractivity contribution in [1.82, 2.24) is 5.32 Å². The molecule has 0 spiro atoms. The van der Waals surface area contributed by atoms with Crippen molar-refractivity contribution >= 4 is 29.2 Å². The number of halogens is 1. The van der Waals surface area contributed by atoms with E-state index in [1.165, 1.54) is 24.3 Å². The van der Waals surface area contributed by atoms with E-state index in [2.05, 4.69) is 10.6 Å². The monoisotopic (exact) mass is 479 g/mol. The highest BCUT2D eigenvalue weighted by Gasteiger charge is 2.37. The third-order valence-electron chi connectivity index (χ3n) is 5.37. The van der Waals surface area contributed by atoms with Crippen molar-refractivity contribution in [2.24, 2.45) is 5.41 Å². The number of carbonyl (C=O) groups excluding carboxylic acids is 2. The van der Waals surface area contributed by atoms with Crippen molar-refractivity contribution in [2.75, 3.05) is 5.32 Å². The predicted octanol–water partition coefficient (Wildman–Crippen LogP) is 5.32. The van der Waals surface area contributed by atoms with Gasteiger partial charge in [-0.05, 0) is 42.0 Å². The normalized spacial score (nSPS) is 12.9. The molecule has 0 heterocycles. The average Bonchev–Trinajstić information content (AvgIpc) is 2.80. The number of nitrogens with one attached hydrogen (secondary N) is 2. The van der Waals surface area contributed by atoms with E-state index in [1.54, 1.807) is 12.1 Å². The molecule has 0 saturated heterocycles. The standard InChI is InChI=1S/C27H27FN2O3S/c1-27(2,3)24(34-33)19-11-15-22(16-12-19)29-26(32)23(17-18-7-5-4-6-8-18)30-25(31)20-9-13-21(28)14-10-20/h4-16,23-24H,17H2,1-3H3,(H-,29,30,31,32)/p+1/t23-,24?/m0/s1. The van der Waals surface area contributed by atoms with Crippen LogP contribution in [-0.4, -0.2) is 17.9 Å². The van der Waals surface area contributed by atoms with E-state index < -0.39 is 17.8 Å². The molecule has 3 aromatic rings. The fraction of sp³-hybridized carbons (Fsp3) is 0.259. The lowest BCUT2D eigenvalue weighted by Gasteiger charge is -2.20. The van der Waals surface area contributed by atoms with Gasteiger partial charge in [0.2, 0.25) is 5.91 Å². The number of anilines is 1. The summed E-state index contributed by atoms with van der Waals surface area (Å²) >= 11 is 0.553. The van der Waals surface area contributed by atoms with Gasteiger partial charge in [0.1, 0.15) is 11.9 Å². The lowest BCUT2D eigenvalue weighted by molar-refractivity contribution is -0.118. The molecule has 0 radical (unpaired) electrons. The first-order valence-electron chi connectivity index (χ1n) is 11.0. The topological polar surface area (TPSA) is 75.3 Å². The van der Waals surface area contributed by atoms with Crippen molar-refractivity contribution < 1.29 is 18.2 Å². The highest BCUT2D eigenvalue weighted by atomic mass is 32.1. The first kappa shape index (κ1) is 25.2. The predicted molar refractivity (Wildman–Crippen MR) is 133 cm³/mol. The van der Waals surface area contributed by atoms with Crippen LogP contribution in [0.5, 0.6) is 0 Å². The Morgan fingerprint density at radius 3 is 2.09 bits per heavy atom. The van der Waals surface area contributed by atoms with Crippen LogP contribution in [0.1, 0.15) is 47.5 Å². The van der Waals surface area contributed by atoms with Gasteiger partial charge in [0.05, 0.1) is 0 Å². The molecule has 176 valence electrons. The molecule has 0 aromatic heterocycles. The summed E-state index contributed by atoms with van der Waals surface area (Å²) < 4.78 is 24.8. The molecule has 2 amide bonds. The van der Waals surface area contributed by atoms with Crippen LogP contribution < -0.4 is 10.6 Å². The largest absolute Gasteiger partial charge is 0.467 e. The van der Waals surface area contributed by atoms with Crippen LogP contribution in [0.3, 0.4) is 0 Å². The Balaban J connectivity index is 1.77. The molecule has 0 fully saturated rings. The smallest absolute Gasteiger partial charge is 0.340 e. The third-order valence-corrected chi connectivity index (χ3v) is 6.55. The number of carbonyl (C=O) groups is 2. The highest BCUT2D eigenvalue weighted by molar-refractivity contribution is 7.65. The van der Waals surface area contributed by atoms with Crippen LogP contribution in [0.2, 0.25) is 0 Å². The van der Waals surface area contributed by atoms with Gasteiger partial charge in [-0.25, -0.2) is 4.39 Å². The van der Waals surface area contributed by atoms with Gasteiger partial charge in [-0.15, -0.1) is 0 Å².